The first kappa shape index (κ1) is 17.4. The lowest BCUT2D eigenvalue weighted by Gasteiger charge is -2.37. The summed E-state index contributed by atoms with van der Waals surface area (Å²) in [6.45, 7) is 1.32. The standard InChI is InChI=1S/C12H25N3O4S/c1-19-8-6-11(13)12(16)15-7-4-3-5-10(15)9-14-20(2,17)18/h10-11,14H,3-9,13H2,1-2H3. The van der Waals surface area contributed by atoms with Gasteiger partial charge in [-0.25, -0.2) is 13.1 Å². The number of hydrogen-bond donors (Lipinski definition) is 2. The Labute approximate surface area is 120 Å². The van der Waals surface area contributed by atoms with Gasteiger partial charge in [0.1, 0.15) is 0 Å². The van der Waals surface area contributed by atoms with Crippen LogP contribution < -0.4 is 10.5 Å². The monoisotopic (exact) mass is 307 g/mol. The predicted molar refractivity (Wildman–Crippen MR) is 76.7 cm³/mol. The zero-order valence-corrected chi connectivity index (χ0v) is 13.0. The highest BCUT2D eigenvalue weighted by Gasteiger charge is 2.30. The van der Waals surface area contributed by atoms with Gasteiger partial charge >= 0.3 is 0 Å². The van der Waals surface area contributed by atoms with Crippen LogP contribution >= 0.6 is 0 Å². The van der Waals surface area contributed by atoms with Crippen LogP contribution in [0.4, 0.5) is 0 Å². The summed E-state index contributed by atoms with van der Waals surface area (Å²) in [5.74, 6) is -0.123. The van der Waals surface area contributed by atoms with Crippen LogP contribution in [0, 0.1) is 0 Å². The molecule has 1 aliphatic heterocycles. The number of sulfonamides is 1. The number of amides is 1. The van der Waals surface area contributed by atoms with Gasteiger partial charge < -0.3 is 15.4 Å². The van der Waals surface area contributed by atoms with Crippen molar-refractivity contribution in [3.63, 3.8) is 0 Å². The molecule has 0 aromatic heterocycles. The second-order valence-corrected chi connectivity index (χ2v) is 7.02. The molecule has 20 heavy (non-hydrogen) atoms. The van der Waals surface area contributed by atoms with Crippen molar-refractivity contribution < 1.29 is 17.9 Å². The van der Waals surface area contributed by atoms with Gasteiger partial charge in [-0.05, 0) is 25.7 Å². The Morgan fingerprint density at radius 2 is 2.20 bits per heavy atom. The van der Waals surface area contributed by atoms with Crippen LogP contribution in [-0.4, -0.2) is 64.4 Å². The number of methoxy groups -OCH3 is 1. The molecule has 0 aromatic rings. The highest BCUT2D eigenvalue weighted by Crippen LogP contribution is 2.18. The van der Waals surface area contributed by atoms with E-state index in [4.69, 9.17) is 10.5 Å². The van der Waals surface area contributed by atoms with Gasteiger partial charge in [-0.15, -0.1) is 0 Å². The van der Waals surface area contributed by atoms with Gasteiger partial charge in [-0.3, -0.25) is 4.79 Å². The number of nitrogens with one attached hydrogen (secondary N) is 1. The molecule has 8 heteroatoms. The van der Waals surface area contributed by atoms with Gasteiger partial charge in [0.15, 0.2) is 0 Å². The van der Waals surface area contributed by atoms with Crippen LogP contribution in [-0.2, 0) is 19.6 Å². The van der Waals surface area contributed by atoms with E-state index in [0.717, 1.165) is 25.5 Å². The van der Waals surface area contributed by atoms with Gasteiger partial charge in [0, 0.05) is 32.8 Å². The average molecular weight is 307 g/mol. The molecule has 2 unspecified atom stereocenters. The number of piperidine rings is 1. The van der Waals surface area contributed by atoms with Gasteiger partial charge in [-0.1, -0.05) is 0 Å². The summed E-state index contributed by atoms with van der Waals surface area (Å²) in [5.41, 5.74) is 5.87. The Bertz CT molecular complexity index is 413. The van der Waals surface area contributed by atoms with E-state index in [9.17, 15) is 13.2 Å². The second-order valence-electron chi connectivity index (χ2n) is 5.19. The minimum absolute atomic E-state index is 0.112. The maximum Gasteiger partial charge on any atom is 0.239 e. The van der Waals surface area contributed by atoms with Crippen molar-refractivity contribution in [3.05, 3.63) is 0 Å². The normalized spacial score (nSPS) is 21.8. The third kappa shape index (κ3) is 5.74. The molecule has 1 saturated heterocycles. The van der Waals surface area contributed by atoms with Crippen LogP contribution in [0.5, 0.6) is 0 Å². The van der Waals surface area contributed by atoms with Gasteiger partial charge in [0.05, 0.1) is 12.3 Å². The summed E-state index contributed by atoms with van der Waals surface area (Å²) in [6, 6.07) is -0.701. The van der Waals surface area contributed by atoms with E-state index in [-0.39, 0.29) is 18.5 Å². The fraction of sp³-hybridized carbons (Fsp3) is 0.917. The number of likely N-dealkylation sites (tertiary alicyclic amines) is 1. The van der Waals surface area contributed by atoms with Crippen molar-refractivity contribution in [2.75, 3.05) is 33.1 Å². The molecule has 1 heterocycles. The Kier molecular flexibility index (Phi) is 6.87. The highest BCUT2D eigenvalue weighted by atomic mass is 32.2. The molecule has 7 nitrogen and oxygen atoms in total. The molecule has 1 fully saturated rings. The Morgan fingerprint density at radius 1 is 1.50 bits per heavy atom. The first-order chi connectivity index (χ1) is 9.35. The third-order valence-electron chi connectivity index (χ3n) is 3.44. The quantitative estimate of drug-likeness (QED) is 0.646. The summed E-state index contributed by atoms with van der Waals surface area (Å²) in [5, 5.41) is 0. The Hall–Kier alpha value is -0.700. The largest absolute Gasteiger partial charge is 0.385 e. The summed E-state index contributed by atoms with van der Waals surface area (Å²) < 4.78 is 29.7. The summed E-state index contributed by atoms with van der Waals surface area (Å²) in [4.78, 5) is 14.0. The topological polar surface area (TPSA) is 102 Å². The zero-order chi connectivity index (χ0) is 15.2. The molecular formula is C12H25N3O4S. The van der Waals surface area contributed by atoms with Gasteiger partial charge in [-0.2, -0.15) is 0 Å². The van der Waals surface area contributed by atoms with Crippen molar-refractivity contribution in [3.8, 4) is 0 Å². The number of carbonyl (C=O) groups is 1. The van der Waals surface area contributed by atoms with Crippen LogP contribution in [0.2, 0.25) is 0 Å². The average Bonchev–Trinajstić information content (AvgIpc) is 2.41. The summed E-state index contributed by atoms with van der Waals surface area (Å²) in [7, 11) is -1.68. The number of nitrogens with zero attached hydrogens (tertiary/aromatic N) is 1. The molecule has 0 bridgehead atoms. The first-order valence-corrected chi connectivity index (χ1v) is 8.74. The van der Waals surface area contributed by atoms with E-state index in [1.54, 1.807) is 12.0 Å². The zero-order valence-electron chi connectivity index (χ0n) is 12.2. The smallest absolute Gasteiger partial charge is 0.239 e. The number of ether oxygens (including phenoxy) is 1. The fourth-order valence-corrected chi connectivity index (χ4v) is 2.83. The maximum absolute atomic E-state index is 12.3. The molecular weight excluding hydrogens is 282 g/mol. The van der Waals surface area contributed by atoms with Crippen LogP contribution in [0.1, 0.15) is 25.7 Å². The third-order valence-corrected chi connectivity index (χ3v) is 4.13. The molecule has 1 amide bonds. The molecule has 3 N–H and O–H groups in total. The molecule has 0 radical (unpaired) electrons. The summed E-state index contributed by atoms with van der Waals surface area (Å²) in [6.07, 6.45) is 4.31. The summed E-state index contributed by atoms with van der Waals surface area (Å²) >= 11 is 0. The van der Waals surface area contributed by atoms with E-state index in [1.165, 1.54) is 0 Å². The lowest BCUT2D eigenvalue weighted by Crippen LogP contribution is -2.54. The second kappa shape index (κ2) is 7.92. The van der Waals surface area contributed by atoms with Gasteiger partial charge in [0.2, 0.25) is 15.9 Å². The lowest BCUT2D eigenvalue weighted by atomic mass is 10.0. The molecule has 2 atom stereocenters. The number of hydrogen-bond acceptors (Lipinski definition) is 5. The molecule has 0 spiro atoms. The van der Waals surface area contributed by atoms with Crippen LogP contribution in [0.15, 0.2) is 0 Å². The highest BCUT2D eigenvalue weighted by molar-refractivity contribution is 7.88. The van der Waals surface area contributed by atoms with E-state index in [0.29, 0.717) is 19.6 Å². The van der Waals surface area contributed by atoms with E-state index >= 15 is 0 Å². The SMILES string of the molecule is COCCC(N)C(=O)N1CCCCC1CNS(C)(=O)=O. The molecule has 1 aliphatic rings. The Morgan fingerprint density at radius 3 is 2.80 bits per heavy atom. The van der Waals surface area contributed by atoms with E-state index in [2.05, 4.69) is 4.72 Å². The van der Waals surface area contributed by atoms with Crippen LogP contribution in [0.3, 0.4) is 0 Å². The van der Waals surface area contributed by atoms with E-state index in [1.807, 2.05) is 0 Å². The number of rotatable bonds is 7. The van der Waals surface area contributed by atoms with Crippen molar-refractivity contribution in [1.29, 1.82) is 0 Å². The fourth-order valence-electron chi connectivity index (χ4n) is 2.33. The Balaban J connectivity index is 2.61. The van der Waals surface area contributed by atoms with Crippen molar-refractivity contribution >= 4 is 15.9 Å². The molecule has 118 valence electrons. The van der Waals surface area contributed by atoms with Crippen molar-refractivity contribution in [1.82, 2.24) is 9.62 Å². The minimum Gasteiger partial charge on any atom is -0.385 e. The first-order valence-electron chi connectivity index (χ1n) is 6.85. The minimum atomic E-state index is -3.25. The molecule has 0 aromatic carbocycles. The number of carbonyl (C=O) groups excluding carboxylic acids is 1. The van der Waals surface area contributed by atoms with Crippen molar-refractivity contribution in [2.24, 2.45) is 5.73 Å². The predicted octanol–water partition coefficient (Wildman–Crippen LogP) is -0.719. The maximum atomic E-state index is 12.3. The molecule has 1 rings (SSSR count). The van der Waals surface area contributed by atoms with Crippen LogP contribution in [0.25, 0.3) is 0 Å². The molecule has 0 aliphatic carbocycles. The lowest BCUT2D eigenvalue weighted by molar-refractivity contribution is -0.136. The van der Waals surface area contributed by atoms with Crippen molar-refractivity contribution in [2.45, 2.75) is 37.8 Å². The van der Waals surface area contributed by atoms with E-state index < -0.39 is 16.1 Å². The van der Waals surface area contributed by atoms with Gasteiger partial charge in [0.25, 0.3) is 0 Å². The molecule has 0 saturated carbocycles. The number of nitrogens with two attached hydrogens (primary N) is 1.